The SMILES string of the molecule is CCC.CN(CCN(C)C(=O)N(c1ccc(N2CCOCC2)cc1)c1nccc(-c2ccc(C(=O)NCC#N)cc2)n1)C(=O)OCc1ccc(NC(=O)CNC(=O)C2CCCN2C(=O)C(CC(N)=O)NO)cc1.[Y]. The van der Waals surface area contributed by atoms with Crippen LogP contribution in [0.15, 0.2) is 85.1 Å². The molecule has 2 fully saturated rings. The monoisotopic (exact) mass is 1090 g/mol. The minimum absolute atomic E-state index is 0. The van der Waals surface area contributed by atoms with Gasteiger partial charge in [-0.2, -0.15) is 10.7 Å². The number of nitrogens with two attached hydrogens (primary N) is 1. The zero-order chi connectivity index (χ0) is 52.9. The number of hydroxylamine groups is 1. The molecule has 8 amide bonds. The summed E-state index contributed by atoms with van der Waals surface area (Å²) in [5.74, 6) is -2.87. The summed E-state index contributed by atoms with van der Waals surface area (Å²) in [6, 6.07) is 21.5. The van der Waals surface area contributed by atoms with Gasteiger partial charge in [-0.25, -0.2) is 24.5 Å². The smallest absolute Gasteiger partial charge is 0.409 e. The second-order valence-electron chi connectivity index (χ2n) is 17.0. The normalized spacial score (nSPS) is 14.1. The van der Waals surface area contributed by atoms with Crippen LogP contribution in [-0.2, 0) is 68.0 Å². The molecule has 0 saturated carbocycles. The second kappa shape index (κ2) is 30.2. The van der Waals surface area contributed by atoms with Crippen LogP contribution in [0.5, 0.6) is 0 Å². The van der Waals surface area contributed by atoms with Crippen LogP contribution in [0.25, 0.3) is 11.3 Å². The summed E-state index contributed by atoms with van der Waals surface area (Å²) in [5, 5.41) is 25.8. The van der Waals surface area contributed by atoms with Crippen molar-refractivity contribution >= 4 is 64.7 Å². The number of rotatable bonds is 19. The Bertz CT molecular complexity index is 2560. The predicted molar refractivity (Wildman–Crippen MR) is 269 cm³/mol. The van der Waals surface area contributed by atoms with E-state index in [1.54, 1.807) is 74.2 Å². The van der Waals surface area contributed by atoms with Crippen molar-refractivity contribution in [3.05, 3.63) is 96.2 Å². The molecule has 7 N–H and O–H groups in total. The van der Waals surface area contributed by atoms with Gasteiger partial charge in [0.05, 0.1) is 43.6 Å². The largest absolute Gasteiger partial charge is 0.445 e. The first-order chi connectivity index (χ1) is 35.2. The number of nitriles is 1. The van der Waals surface area contributed by atoms with Crippen LogP contribution in [0.2, 0.25) is 0 Å². The molecule has 3 heterocycles. The van der Waals surface area contributed by atoms with Crippen LogP contribution < -0.4 is 37.0 Å². The van der Waals surface area contributed by atoms with E-state index in [9.17, 15) is 38.8 Å². The third-order valence-electron chi connectivity index (χ3n) is 11.4. The molecule has 3 aromatic carbocycles. The Morgan fingerprint density at radius 1 is 0.905 bits per heavy atom. The Morgan fingerprint density at radius 3 is 2.20 bits per heavy atom. The maximum Gasteiger partial charge on any atom is 0.409 e. The number of morpholine rings is 1. The van der Waals surface area contributed by atoms with Crippen LogP contribution in [0.1, 0.15) is 55.5 Å². The average Bonchev–Trinajstić information content (AvgIpc) is 3.91. The molecule has 2 aliphatic rings. The molecule has 2 aliphatic heterocycles. The first-order valence-electron chi connectivity index (χ1n) is 23.8. The van der Waals surface area contributed by atoms with Gasteiger partial charge in [0.2, 0.25) is 29.6 Å². The molecular weight excluding hydrogens is 1030 g/mol. The van der Waals surface area contributed by atoms with E-state index in [1.807, 2.05) is 30.3 Å². The number of likely N-dealkylation sites (tertiary alicyclic amines) is 1. The molecule has 1 radical (unpaired) electrons. The fourth-order valence-electron chi connectivity index (χ4n) is 7.56. The molecule has 4 aromatic rings. The van der Waals surface area contributed by atoms with E-state index in [0.29, 0.717) is 59.8 Å². The molecule has 23 nitrogen and oxygen atoms in total. The number of nitrogens with zero attached hydrogens (tertiary/aromatic N) is 8. The number of nitrogens with one attached hydrogen (secondary N) is 4. The van der Waals surface area contributed by atoms with E-state index >= 15 is 0 Å². The van der Waals surface area contributed by atoms with E-state index in [0.717, 1.165) is 18.8 Å². The number of amides is 8. The second-order valence-corrected chi connectivity index (χ2v) is 17.0. The summed E-state index contributed by atoms with van der Waals surface area (Å²) in [6.45, 7) is 6.75. The molecule has 1 aromatic heterocycles. The Morgan fingerprint density at radius 2 is 1.57 bits per heavy atom. The topological polar surface area (TPSA) is 298 Å². The molecule has 6 rings (SSSR count). The zero-order valence-corrected chi connectivity index (χ0v) is 44.8. The van der Waals surface area contributed by atoms with Gasteiger partial charge in [-0.15, -0.1) is 0 Å². The first-order valence-corrected chi connectivity index (χ1v) is 23.8. The van der Waals surface area contributed by atoms with Gasteiger partial charge in [0.15, 0.2) is 0 Å². The van der Waals surface area contributed by atoms with Crippen LogP contribution in [0, 0.1) is 11.3 Å². The molecular formula is C50H63N13O10Y. The Balaban J connectivity index is 0.00000289. The van der Waals surface area contributed by atoms with Gasteiger partial charge < -0.3 is 56.0 Å². The number of likely N-dealkylation sites (N-methyl/N-ethyl adjacent to an activating group) is 2. The summed E-state index contributed by atoms with van der Waals surface area (Å²) < 4.78 is 11.0. The van der Waals surface area contributed by atoms with Gasteiger partial charge >= 0.3 is 12.1 Å². The van der Waals surface area contributed by atoms with Crippen molar-refractivity contribution in [1.82, 2.24) is 40.8 Å². The number of urea groups is 1. The van der Waals surface area contributed by atoms with Gasteiger partial charge in [-0.3, -0.25) is 24.0 Å². The van der Waals surface area contributed by atoms with E-state index < -0.39 is 60.2 Å². The van der Waals surface area contributed by atoms with Gasteiger partial charge in [-0.1, -0.05) is 44.5 Å². The Kier molecular flexibility index (Phi) is 24.3. The van der Waals surface area contributed by atoms with Crippen molar-refractivity contribution in [3.63, 3.8) is 0 Å². The van der Waals surface area contributed by atoms with Gasteiger partial charge in [0.1, 0.15) is 25.2 Å². The standard InChI is InChI=1S/C47H55N13O10.C3H8.Y/c1-56(22-23-57(2)47(67)70-30-31-5-11-34(12-6-31)53-41(62)29-52-43(64)39-4-3-21-59(39)44(65)38(55-68)28-40(49)61)46(66)60(36-15-13-35(14-16-36)58-24-26-69-27-25-58)45-51-19-17-37(54-45)32-7-9-33(10-8-32)42(63)50-20-18-48;1-3-2;/h5-17,19,38-39,55,68H,3-4,20-30H2,1-2H3,(H2,49,61)(H,50,63)(H,52,64)(H,53,62);3H2,1-2H3;. The third kappa shape index (κ3) is 17.3. The maximum atomic E-state index is 14.3. The number of ether oxygens (including phenoxy) is 2. The molecule has 0 bridgehead atoms. The van der Waals surface area contributed by atoms with E-state index in [-0.39, 0.29) is 78.0 Å². The fourth-order valence-corrected chi connectivity index (χ4v) is 7.56. The zero-order valence-electron chi connectivity index (χ0n) is 42.0. The van der Waals surface area contributed by atoms with Crippen molar-refractivity contribution < 1.29 is 81.0 Å². The average molecular weight is 1100 g/mol. The van der Waals surface area contributed by atoms with Crippen LogP contribution in [0.3, 0.4) is 0 Å². The molecule has 2 unspecified atom stereocenters. The molecule has 391 valence electrons. The van der Waals surface area contributed by atoms with Gasteiger partial charge in [0, 0.05) is 108 Å². The summed E-state index contributed by atoms with van der Waals surface area (Å²) in [7, 11) is 3.14. The first kappa shape index (κ1) is 59.5. The third-order valence-corrected chi connectivity index (χ3v) is 11.4. The predicted octanol–water partition coefficient (Wildman–Crippen LogP) is 3.37. The summed E-state index contributed by atoms with van der Waals surface area (Å²) in [5.41, 5.74) is 10.9. The molecule has 0 aliphatic carbocycles. The van der Waals surface area contributed by atoms with E-state index in [4.69, 9.17) is 25.5 Å². The van der Waals surface area contributed by atoms with E-state index in [1.165, 1.54) is 32.2 Å². The van der Waals surface area contributed by atoms with Crippen LogP contribution >= 0.6 is 0 Å². The summed E-state index contributed by atoms with van der Waals surface area (Å²) in [4.78, 5) is 106. The number of carbonyl (C=O) groups excluding carboxylic acids is 7. The Hall–Kier alpha value is -7.10. The van der Waals surface area contributed by atoms with Gasteiger partial charge in [0.25, 0.3) is 5.91 Å². The number of primary amides is 1. The van der Waals surface area contributed by atoms with Crippen molar-refractivity contribution in [2.24, 2.45) is 5.73 Å². The minimum Gasteiger partial charge on any atom is -0.445 e. The number of hydrogen-bond acceptors (Lipinski definition) is 15. The molecule has 24 heteroatoms. The molecule has 2 saturated heterocycles. The van der Waals surface area contributed by atoms with Crippen LogP contribution in [0.4, 0.5) is 32.6 Å². The molecule has 74 heavy (non-hydrogen) atoms. The molecule has 0 spiro atoms. The quantitative estimate of drug-likeness (QED) is 0.0580. The maximum absolute atomic E-state index is 14.3. The van der Waals surface area contributed by atoms with Crippen molar-refractivity contribution in [3.8, 4) is 17.3 Å². The molecule has 2 atom stereocenters. The summed E-state index contributed by atoms with van der Waals surface area (Å²) >= 11 is 0. The summed E-state index contributed by atoms with van der Waals surface area (Å²) in [6.07, 6.45) is 2.53. The number of hydrogen-bond donors (Lipinski definition) is 6. The van der Waals surface area contributed by atoms with Crippen molar-refractivity contribution in [2.45, 2.75) is 58.2 Å². The minimum atomic E-state index is -1.30. The number of anilines is 4. The van der Waals surface area contributed by atoms with E-state index in [2.05, 4.69) is 39.7 Å². The number of aromatic nitrogens is 2. The van der Waals surface area contributed by atoms with Gasteiger partial charge in [-0.05, 0) is 73.0 Å². The number of benzene rings is 3. The van der Waals surface area contributed by atoms with Crippen LogP contribution in [-0.4, -0.2) is 157 Å². The fraction of sp³-hybridized carbons (Fsp3) is 0.400. The number of carbonyl (C=O) groups is 7. The Labute approximate surface area is 454 Å². The van der Waals surface area contributed by atoms with Crippen molar-refractivity contribution in [2.75, 3.05) is 88.2 Å². The van der Waals surface area contributed by atoms with Crippen molar-refractivity contribution in [1.29, 1.82) is 5.26 Å².